The molecular formula is C16H34Cl2O2Ti. The van der Waals surface area contributed by atoms with Crippen LogP contribution in [0, 0.1) is 11.8 Å². The van der Waals surface area contributed by atoms with Crippen LogP contribution in [0.4, 0.5) is 0 Å². The number of halogens is 2. The van der Waals surface area contributed by atoms with Crippen LogP contribution < -0.4 is 0 Å². The first-order valence-corrected chi connectivity index (χ1v) is 14.2. The predicted octanol–water partition coefficient (Wildman–Crippen LogP) is 6.74. The Hall–Kier alpha value is 1.21. The molecule has 0 aliphatic heterocycles. The van der Waals surface area contributed by atoms with Crippen molar-refractivity contribution < 1.29 is 21.9 Å². The summed E-state index contributed by atoms with van der Waals surface area (Å²) in [6.07, 6.45) is 9.51. The average Bonchev–Trinajstić information content (AvgIpc) is 2.47. The van der Waals surface area contributed by atoms with Crippen LogP contribution in [0.2, 0.25) is 0 Å². The van der Waals surface area contributed by atoms with Crippen molar-refractivity contribution in [3.63, 3.8) is 0 Å². The number of hydrogen-bond donors (Lipinski definition) is 0. The molecule has 0 N–H and O–H groups in total. The van der Waals surface area contributed by atoms with Gasteiger partial charge >= 0.3 is 145 Å². The van der Waals surface area contributed by atoms with Gasteiger partial charge in [-0.15, -0.1) is 0 Å². The molecule has 0 aromatic heterocycles. The van der Waals surface area contributed by atoms with Gasteiger partial charge in [-0.3, -0.25) is 0 Å². The topological polar surface area (TPSA) is 18.5 Å². The fourth-order valence-electron chi connectivity index (χ4n) is 2.27. The van der Waals surface area contributed by atoms with Crippen LogP contribution in [0.3, 0.4) is 0 Å². The zero-order valence-corrected chi connectivity index (χ0v) is 17.4. The summed E-state index contributed by atoms with van der Waals surface area (Å²) in [6.45, 7) is 10.1. The summed E-state index contributed by atoms with van der Waals surface area (Å²) in [6, 6.07) is 0. The van der Waals surface area contributed by atoms with Gasteiger partial charge in [0.05, 0.1) is 0 Å². The van der Waals surface area contributed by atoms with Crippen molar-refractivity contribution in [2.24, 2.45) is 11.8 Å². The molecule has 0 aliphatic rings. The Kier molecular flexibility index (Phi) is 14.4. The van der Waals surface area contributed by atoms with Crippen LogP contribution in [0.25, 0.3) is 0 Å². The molecule has 0 spiro atoms. The summed E-state index contributed by atoms with van der Waals surface area (Å²) in [5, 5.41) is 0. The molecule has 0 saturated heterocycles. The predicted molar refractivity (Wildman–Crippen MR) is 90.2 cm³/mol. The number of hydrogen-bond acceptors (Lipinski definition) is 2. The minimum absolute atomic E-state index is 0.554. The number of rotatable bonds is 14. The van der Waals surface area contributed by atoms with Gasteiger partial charge in [0.15, 0.2) is 0 Å². The molecule has 0 heterocycles. The van der Waals surface area contributed by atoms with Crippen molar-refractivity contribution in [2.45, 2.75) is 79.1 Å². The van der Waals surface area contributed by atoms with E-state index in [-0.39, 0.29) is 0 Å². The summed E-state index contributed by atoms with van der Waals surface area (Å²) in [4.78, 5) is 0. The van der Waals surface area contributed by atoms with Gasteiger partial charge in [-0.2, -0.15) is 0 Å². The Morgan fingerprint density at radius 2 is 1.14 bits per heavy atom. The molecule has 5 heteroatoms. The molecule has 2 atom stereocenters. The van der Waals surface area contributed by atoms with Gasteiger partial charge < -0.3 is 0 Å². The van der Waals surface area contributed by atoms with Gasteiger partial charge in [-0.25, -0.2) is 0 Å². The first kappa shape index (κ1) is 22.2. The van der Waals surface area contributed by atoms with Gasteiger partial charge in [-0.05, 0) is 0 Å². The molecule has 0 aromatic rings. The molecular weight excluding hydrogens is 343 g/mol. The standard InChI is InChI=1S/2C8H17O.2ClH.Ti/c2*1-3-5-6-8(4-2)7-9;;;/h2*8H,3-7H2,1-2H3;2*1H;/q2*-1;;;+4/p-2. The van der Waals surface area contributed by atoms with E-state index in [2.05, 4.69) is 27.7 Å². The Morgan fingerprint density at radius 3 is 1.43 bits per heavy atom. The van der Waals surface area contributed by atoms with Crippen LogP contribution in [-0.4, -0.2) is 13.2 Å². The molecule has 21 heavy (non-hydrogen) atoms. The molecule has 0 saturated carbocycles. The quantitative estimate of drug-likeness (QED) is 0.312. The second-order valence-electron chi connectivity index (χ2n) is 5.92. The van der Waals surface area contributed by atoms with E-state index in [1.807, 2.05) is 0 Å². The van der Waals surface area contributed by atoms with E-state index in [4.69, 9.17) is 25.2 Å². The minimum atomic E-state index is -3.52. The Balaban J connectivity index is 4.04. The Morgan fingerprint density at radius 1 is 0.762 bits per heavy atom. The summed E-state index contributed by atoms with van der Waals surface area (Å²) < 4.78 is 11.6. The monoisotopic (exact) mass is 376 g/mol. The average molecular weight is 377 g/mol. The first-order valence-electron chi connectivity index (χ1n) is 8.64. The molecule has 0 aliphatic carbocycles. The zero-order chi connectivity index (χ0) is 16.1. The van der Waals surface area contributed by atoms with E-state index >= 15 is 0 Å². The maximum absolute atomic E-state index is 6.31. The second-order valence-corrected chi connectivity index (χ2v) is 13.2. The Bertz CT molecular complexity index is 218. The van der Waals surface area contributed by atoms with Crippen molar-refractivity contribution in [1.82, 2.24) is 0 Å². The van der Waals surface area contributed by atoms with Gasteiger partial charge in [0, 0.05) is 0 Å². The summed E-state index contributed by atoms with van der Waals surface area (Å²) >= 11 is -3.52. The van der Waals surface area contributed by atoms with Crippen LogP contribution in [0.5, 0.6) is 0 Å². The molecule has 2 unspecified atom stereocenters. The zero-order valence-electron chi connectivity index (χ0n) is 14.3. The van der Waals surface area contributed by atoms with Gasteiger partial charge in [0.1, 0.15) is 0 Å². The molecule has 0 radical (unpaired) electrons. The summed E-state index contributed by atoms with van der Waals surface area (Å²) in [5.41, 5.74) is 0. The van der Waals surface area contributed by atoms with Crippen LogP contribution >= 0.6 is 18.6 Å². The van der Waals surface area contributed by atoms with Crippen LogP contribution in [-0.2, 0) is 21.9 Å². The Labute approximate surface area is 144 Å². The van der Waals surface area contributed by atoms with Gasteiger partial charge in [0.25, 0.3) is 0 Å². The van der Waals surface area contributed by atoms with E-state index in [1.165, 1.54) is 38.5 Å². The van der Waals surface area contributed by atoms with Crippen LogP contribution in [0.1, 0.15) is 79.1 Å². The van der Waals surface area contributed by atoms with Gasteiger partial charge in [-0.1, -0.05) is 0 Å². The van der Waals surface area contributed by atoms with Crippen molar-refractivity contribution in [3.8, 4) is 0 Å². The van der Waals surface area contributed by atoms with Crippen LogP contribution in [0.15, 0.2) is 0 Å². The fraction of sp³-hybridized carbons (Fsp3) is 1.00. The second kappa shape index (κ2) is 13.6. The molecule has 0 rings (SSSR count). The van der Waals surface area contributed by atoms with Crippen molar-refractivity contribution in [2.75, 3.05) is 13.2 Å². The normalized spacial score (nSPS) is 15.1. The molecule has 0 aromatic carbocycles. The maximum atomic E-state index is 6.31. The molecule has 0 bridgehead atoms. The first-order chi connectivity index (χ1) is 9.99. The SMILES string of the molecule is CCCCC(CC)C[O][Ti]([Cl])([Cl])[O]CC(CC)CCCC. The van der Waals surface area contributed by atoms with E-state index in [0.717, 1.165) is 12.8 Å². The summed E-state index contributed by atoms with van der Waals surface area (Å²) in [7, 11) is 12.6. The van der Waals surface area contributed by atoms with E-state index in [0.29, 0.717) is 25.0 Å². The van der Waals surface area contributed by atoms with Crippen molar-refractivity contribution in [1.29, 1.82) is 0 Å². The number of unbranched alkanes of at least 4 members (excludes halogenated alkanes) is 2. The third kappa shape index (κ3) is 12.3. The van der Waals surface area contributed by atoms with E-state index in [9.17, 15) is 0 Å². The third-order valence-corrected chi connectivity index (χ3v) is 7.43. The van der Waals surface area contributed by atoms with Crippen molar-refractivity contribution in [3.05, 3.63) is 0 Å². The fourth-order valence-corrected chi connectivity index (χ4v) is 4.78. The molecule has 0 amide bonds. The third-order valence-electron chi connectivity index (χ3n) is 4.06. The molecule has 0 fully saturated rings. The summed E-state index contributed by atoms with van der Waals surface area (Å²) in [5.74, 6) is 1.11. The van der Waals surface area contributed by atoms with E-state index in [1.54, 1.807) is 0 Å². The molecule has 2 nitrogen and oxygen atoms in total. The van der Waals surface area contributed by atoms with Crippen molar-refractivity contribution >= 4 is 18.6 Å². The molecule has 128 valence electrons. The van der Waals surface area contributed by atoms with Gasteiger partial charge in [0.2, 0.25) is 0 Å². The van der Waals surface area contributed by atoms with E-state index < -0.39 is 15.2 Å².